The van der Waals surface area contributed by atoms with E-state index in [1.807, 2.05) is 6.92 Å². The Bertz CT molecular complexity index is 566. The van der Waals surface area contributed by atoms with E-state index in [9.17, 15) is 0 Å². The van der Waals surface area contributed by atoms with E-state index in [1.165, 1.54) is 10.5 Å². The number of nitrogen functional groups attached to an aromatic ring is 1. The van der Waals surface area contributed by atoms with Crippen molar-refractivity contribution < 1.29 is 0 Å². The Morgan fingerprint density at radius 1 is 1.30 bits per heavy atom. The molecule has 1 atom stereocenters. The lowest BCUT2D eigenvalue weighted by Gasteiger charge is -2.20. The van der Waals surface area contributed by atoms with Gasteiger partial charge in [-0.3, -0.25) is 0 Å². The molecule has 106 valence electrons. The largest absolute Gasteiger partial charge is 0.383 e. The van der Waals surface area contributed by atoms with Crippen molar-refractivity contribution >= 4 is 17.6 Å². The second-order valence-corrected chi connectivity index (χ2v) is 5.63. The van der Waals surface area contributed by atoms with Crippen LogP contribution in [0, 0.1) is 6.92 Å². The lowest BCUT2D eigenvalue weighted by atomic mass is 9.98. The van der Waals surface area contributed by atoms with Crippen molar-refractivity contribution in [1.82, 2.24) is 10.3 Å². The second-order valence-electron chi connectivity index (χ2n) is 4.75. The zero-order valence-corrected chi connectivity index (χ0v) is 13.0. The summed E-state index contributed by atoms with van der Waals surface area (Å²) in [5.74, 6) is 0.593. The molecule has 0 aliphatic heterocycles. The van der Waals surface area contributed by atoms with Crippen molar-refractivity contribution in [3.05, 3.63) is 53.2 Å². The average Bonchev–Trinajstić information content (AvgIpc) is 2.48. The molecule has 0 saturated heterocycles. The number of thioether (sulfide) groups is 1. The van der Waals surface area contributed by atoms with Crippen molar-refractivity contribution in [2.45, 2.75) is 24.8 Å². The molecule has 1 unspecified atom stereocenters. The highest BCUT2D eigenvalue weighted by molar-refractivity contribution is 7.98. The fraction of sp³-hybridized carbons (Fsp3) is 0.312. The number of aromatic nitrogens is 1. The van der Waals surface area contributed by atoms with Crippen LogP contribution >= 0.6 is 11.8 Å². The summed E-state index contributed by atoms with van der Waals surface area (Å²) in [5, 5.41) is 3.49. The van der Waals surface area contributed by atoms with E-state index < -0.39 is 0 Å². The molecule has 3 nitrogen and oxygen atoms in total. The van der Waals surface area contributed by atoms with Crippen LogP contribution in [-0.4, -0.2) is 17.8 Å². The number of nitrogens with two attached hydrogens (primary N) is 1. The zero-order chi connectivity index (χ0) is 14.5. The van der Waals surface area contributed by atoms with Gasteiger partial charge in [-0.2, -0.15) is 0 Å². The molecule has 0 saturated carbocycles. The van der Waals surface area contributed by atoms with Gasteiger partial charge in [0, 0.05) is 16.7 Å². The van der Waals surface area contributed by atoms with Crippen LogP contribution in [0.25, 0.3) is 0 Å². The molecule has 0 aliphatic carbocycles. The Morgan fingerprint density at radius 3 is 2.60 bits per heavy atom. The van der Waals surface area contributed by atoms with Gasteiger partial charge in [-0.15, -0.1) is 11.8 Å². The Morgan fingerprint density at radius 2 is 2.00 bits per heavy atom. The zero-order valence-electron chi connectivity index (χ0n) is 12.2. The van der Waals surface area contributed by atoms with Gasteiger partial charge in [0.1, 0.15) is 5.82 Å². The van der Waals surface area contributed by atoms with E-state index in [-0.39, 0.29) is 6.04 Å². The van der Waals surface area contributed by atoms with Crippen LogP contribution in [0.2, 0.25) is 0 Å². The molecular weight excluding hydrogens is 266 g/mol. The van der Waals surface area contributed by atoms with E-state index >= 15 is 0 Å². The first-order valence-electron chi connectivity index (χ1n) is 6.75. The Hall–Kier alpha value is -1.52. The molecule has 20 heavy (non-hydrogen) atoms. The maximum Gasteiger partial charge on any atom is 0.128 e. The first-order valence-corrected chi connectivity index (χ1v) is 7.97. The van der Waals surface area contributed by atoms with Gasteiger partial charge in [0.15, 0.2) is 0 Å². The highest BCUT2D eigenvalue weighted by Crippen LogP contribution is 2.27. The normalized spacial score (nSPS) is 12.3. The molecule has 1 aromatic carbocycles. The lowest BCUT2D eigenvalue weighted by Crippen LogP contribution is -2.23. The van der Waals surface area contributed by atoms with Crippen LogP contribution in [0.1, 0.15) is 29.7 Å². The minimum absolute atomic E-state index is 0.0864. The molecule has 4 heteroatoms. The van der Waals surface area contributed by atoms with E-state index in [4.69, 9.17) is 5.73 Å². The number of nitrogens with one attached hydrogen (secondary N) is 1. The molecule has 0 bridgehead atoms. The third-order valence-electron chi connectivity index (χ3n) is 3.25. The van der Waals surface area contributed by atoms with E-state index in [1.54, 1.807) is 18.0 Å². The Kier molecular flexibility index (Phi) is 5.04. The lowest BCUT2D eigenvalue weighted by molar-refractivity contribution is 0.629. The van der Waals surface area contributed by atoms with E-state index in [2.05, 4.69) is 53.8 Å². The van der Waals surface area contributed by atoms with Gasteiger partial charge >= 0.3 is 0 Å². The molecular formula is C16H21N3S. The molecule has 3 N–H and O–H groups in total. The van der Waals surface area contributed by atoms with E-state index in [0.29, 0.717) is 5.82 Å². The fourth-order valence-corrected chi connectivity index (χ4v) is 2.65. The van der Waals surface area contributed by atoms with Crippen LogP contribution in [0.4, 0.5) is 5.82 Å². The van der Waals surface area contributed by atoms with Crippen molar-refractivity contribution in [2.75, 3.05) is 18.5 Å². The Labute approximate surface area is 125 Å². The van der Waals surface area contributed by atoms with Gasteiger partial charge in [0.05, 0.1) is 6.04 Å². The quantitative estimate of drug-likeness (QED) is 0.828. The number of anilines is 1. The number of benzene rings is 1. The van der Waals surface area contributed by atoms with Crippen molar-refractivity contribution in [3.8, 4) is 0 Å². The van der Waals surface area contributed by atoms with Gasteiger partial charge in [0.25, 0.3) is 0 Å². The monoisotopic (exact) mass is 287 g/mol. The smallest absolute Gasteiger partial charge is 0.128 e. The second kappa shape index (κ2) is 6.77. The third-order valence-corrected chi connectivity index (χ3v) is 4.00. The molecule has 0 radical (unpaired) electrons. The standard InChI is InChI=1S/C16H21N3S/c1-4-18-15(12-5-7-13(20-3)8-6-12)14-9-11(2)10-19-16(14)17/h5-10,15,18H,4H2,1-3H3,(H2,17,19). The van der Waals surface area contributed by atoms with Crippen molar-refractivity contribution in [3.63, 3.8) is 0 Å². The SMILES string of the molecule is CCNC(c1ccc(SC)cc1)c1cc(C)cnc1N. The summed E-state index contributed by atoms with van der Waals surface area (Å²) >= 11 is 1.75. The highest BCUT2D eigenvalue weighted by atomic mass is 32.2. The van der Waals surface area contributed by atoms with Crippen LogP contribution < -0.4 is 11.1 Å². The summed E-state index contributed by atoms with van der Waals surface area (Å²) in [6, 6.07) is 10.8. The van der Waals surface area contributed by atoms with Crippen LogP contribution in [0.5, 0.6) is 0 Å². The molecule has 0 amide bonds. The molecule has 0 fully saturated rings. The van der Waals surface area contributed by atoms with Crippen LogP contribution in [0.3, 0.4) is 0 Å². The number of nitrogens with zero attached hydrogens (tertiary/aromatic N) is 1. The summed E-state index contributed by atoms with van der Waals surface area (Å²) in [7, 11) is 0. The fourth-order valence-electron chi connectivity index (χ4n) is 2.24. The van der Waals surface area contributed by atoms with Gasteiger partial charge in [-0.25, -0.2) is 4.98 Å². The predicted molar refractivity (Wildman–Crippen MR) is 87.1 cm³/mol. The minimum Gasteiger partial charge on any atom is -0.383 e. The van der Waals surface area contributed by atoms with Crippen molar-refractivity contribution in [2.24, 2.45) is 0 Å². The third kappa shape index (κ3) is 3.32. The predicted octanol–water partition coefficient (Wildman–Crippen LogP) is 3.39. The molecule has 2 aromatic rings. The van der Waals surface area contributed by atoms with Crippen LogP contribution in [0.15, 0.2) is 41.4 Å². The van der Waals surface area contributed by atoms with Gasteiger partial charge in [-0.05, 0) is 49.1 Å². The molecule has 1 aromatic heterocycles. The average molecular weight is 287 g/mol. The van der Waals surface area contributed by atoms with Gasteiger partial charge in [0.2, 0.25) is 0 Å². The van der Waals surface area contributed by atoms with Crippen LogP contribution in [-0.2, 0) is 0 Å². The summed E-state index contributed by atoms with van der Waals surface area (Å²) in [5.41, 5.74) is 9.44. The number of pyridine rings is 1. The summed E-state index contributed by atoms with van der Waals surface area (Å²) < 4.78 is 0. The topological polar surface area (TPSA) is 50.9 Å². The molecule has 0 spiro atoms. The summed E-state index contributed by atoms with van der Waals surface area (Å²) in [4.78, 5) is 5.54. The molecule has 2 rings (SSSR count). The van der Waals surface area contributed by atoms with Gasteiger partial charge < -0.3 is 11.1 Å². The molecule has 1 heterocycles. The van der Waals surface area contributed by atoms with E-state index in [0.717, 1.165) is 17.7 Å². The molecule has 0 aliphatic rings. The number of hydrogen-bond donors (Lipinski definition) is 2. The maximum atomic E-state index is 6.06. The first kappa shape index (κ1) is 14.9. The number of hydrogen-bond acceptors (Lipinski definition) is 4. The number of aryl methyl sites for hydroxylation is 1. The van der Waals surface area contributed by atoms with Gasteiger partial charge in [-0.1, -0.05) is 19.1 Å². The first-order chi connectivity index (χ1) is 9.65. The maximum absolute atomic E-state index is 6.06. The minimum atomic E-state index is 0.0864. The summed E-state index contributed by atoms with van der Waals surface area (Å²) in [6.45, 7) is 5.01. The number of rotatable bonds is 5. The highest BCUT2D eigenvalue weighted by Gasteiger charge is 2.16. The van der Waals surface area contributed by atoms with Crippen molar-refractivity contribution in [1.29, 1.82) is 0 Å². The Balaban J connectivity index is 2.41. The summed E-state index contributed by atoms with van der Waals surface area (Å²) in [6.07, 6.45) is 3.89.